The van der Waals surface area contributed by atoms with Gasteiger partial charge in [0.15, 0.2) is 0 Å². The number of hydrogen-bond acceptors (Lipinski definition) is 4. The minimum Gasteiger partial charge on any atom is -0.375 e. The second-order valence-corrected chi connectivity index (χ2v) is 4.31. The zero-order valence-corrected chi connectivity index (χ0v) is 8.46. The van der Waals surface area contributed by atoms with Crippen molar-refractivity contribution in [2.75, 3.05) is 25.6 Å². The highest BCUT2D eigenvalue weighted by Gasteiger charge is 2.16. The molecule has 4 heteroatoms. The van der Waals surface area contributed by atoms with Crippen LogP contribution < -0.4 is 0 Å². The Morgan fingerprint density at radius 3 is 3.25 bits per heavy atom. The maximum atomic E-state index is 5.42. The Morgan fingerprint density at radius 2 is 2.67 bits per heavy atom. The normalized spacial score (nSPS) is 24.0. The Morgan fingerprint density at radius 1 is 1.83 bits per heavy atom. The second kappa shape index (κ2) is 5.70. The van der Waals surface area contributed by atoms with Gasteiger partial charge >= 0.3 is 0 Å². The summed E-state index contributed by atoms with van der Waals surface area (Å²) >= 11 is 6.66. The predicted octanol–water partition coefficient (Wildman–Crippen LogP) is 1.65. The molecule has 1 fully saturated rings. The minimum absolute atomic E-state index is 0.196. The van der Waals surface area contributed by atoms with E-state index in [9.17, 15) is 0 Å². The van der Waals surface area contributed by atoms with Crippen LogP contribution in [0.4, 0.5) is 0 Å². The van der Waals surface area contributed by atoms with Crippen LogP contribution in [0.5, 0.6) is 0 Å². The summed E-state index contributed by atoms with van der Waals surface area (Å²) in [5.41, 5.74) is 0. The van der Waals surface area contributed by atoms with Crippen LogP contribution in [-0.4, -0.2) is 35.9 Å². The van der Waals surface area contributed by atoms with Gasteiger partial charge in [-0.05, 0) is 0 Å². The highest BCUT2D eigenvalue weighted by atomic mass is 32.2. The lowest BCUT2D eigenvalue weighted by Gasteiger charge is -2.22. The summed E-state index contributed by atoms with van der Waals surface area (Å²) in [5, 5.41) is 0. The second-order valence-electron chi connectivity index (χ2n) is 2.44. The number of rotatable bonds is 4. The van der Waals surface area contributed by atoms with Gasteiger partial charge in [-0.15, -0.1) is 18.3 Å². The van der Waals surface area contributed by atoms with Crippen molar-refractivity contribution in [3.8, 4) is 0 Å². The van der Waals surface area contributed by atoms with Crippen LogP contribution in [0.15, 0.2) is 12.7 Å². The molecule has 1 atom stereocenters. The van der Waals surface area contributed by atoms with Gasteiger partial charge in [0.2, 0.25) is 0 Å². The maximum Gasteiger partial charge on any atom is 0.0907 e. The van der Waals surface area contributed by atoms with Crippen molar-refractivity contribution in [3.63, 3.8) is 0 Å². The Hall–Kier alpha value is 0.100. The van der Waals surface area contributed by atoms with Crippen molar-refractivity contribution >= 4 is 28.2 Å². The Labute approximate surface area is 82.3 Å². The van der Waals surface area contributed by atoms with Crippen LogP contribution >= 0.6 is 24.0 Å². The maximum absolute atomic E-state index is 5.42. The van der Waals surface area contributed by atoms with Crippen molar-refractivity contribution in [2.24, 2.45) is 0 Å². The van der Waals surface area contributed by atoms with Gasteiger partial charge in [0, 0.05) is 5.75 Å². The third-order valence-electron chi connectivity index (χ3n) is 1.41. The van der Waals surface area contributed by atoms with E-state index >= 15 is 0 Å². The van der Waals surface area contributed by atoms with Crippen molar-refractivity contribution in [1.29, 1.82) is 0 Å². The van der Waals surface area contributed by atoms with E-state index in [1.54, 1.807) is 17.8 Å². The molecular formula is C8H12O2S2. The van der Waals surface area contributed by atoms with E-state index in [4.69, 9.17) is 21.7 Å². The Kier molecular flexibility index (Phi) is 4.83. The van der Waals surface area contributed by atoms with Crippen LogP contribution in [0.25, 0.3) is 0 Å². The lowest BCUT2D eigenvalue weighted by molar-refractivity contribution is 0.0188. The highest BCUT2D eigenvalue weighted by molar-refractivity contribution is 8.23. The molecular weight excluding hydrogens is 192 g/mol. The Bertz CT molecular complexity index is 160. The lowest BCUT2D eigenvalue weighted by atomic mass is 10.4. The van der Waals surface area contributed by atoms with Crippen LogP contribution in [0.3, 0.4) is 0 Å². The van der Waals surface area contributed by atoms with Crippen LogP contribution in [0, 0.1) is 0 Å². The summed E-state index contributed by atoms with van der Waals surface area (Å²) in [7, 11) is 0. The third-order valence-corrected chi connectivity index (χ3v) is 2.86. The highest BCUT2D eigenvalue weighted by Crippen LogP contribution is 2.15. The van der Waals surface area contributed by atoms with E-state index in [2.05, 4.69) is 6.58 Å². The number of ether oxygens (including phenoxy) is 2. The van der Waals surface area contributed by atoms with Gasteiger partial charge in [0.05, 0.1) is 30.1 Å². The fourth-order valence-corrected chi connectivity index (χ4v) is 1.83. The van der Waals surface area contributed by atoms with Gasteiger partial charge in [-0.1, -0.05) is 18.3 Å². The van der Waals surface area contributed by atoms with Crippen LogP contribution in [0.2, 0.25) is 0 Å². The molecule has 0 N–H and O–H groups in total. The van der Waals surface area contributed by atoms with E-state index in [-0.39, 0.29) is 6.10 Å². The largest absolute Gasteiger partial charge is 0.375 e. The molecule has 0 unspecified atom stereocenters. The standard InChI is InChI=1S/C8H12O2S2/c1-2-3-9-4-7-6-12-8(11)5-10-7/h2,7H,1,3-6H2/t7-/m0/s1. The zero-order chi connectivity index (χ0) is 8.81. The molecule has 12 heavy (non-hydrogen) atoms. The van der Waals surface area contributed by atoms with Gasteiger partial charge in [0.1, 0.15) is 0 Å². The predicted molar refractivity (Wildman–Crippen MR) is 55.8 cm³/mol. The van der Waals surface area contributed by atoms with E-state index in [1.165, 1.54) is 0 Å². The lowest BCUT2D eigenvalue weighted by Crippen LogP contribution is -2.29. The molecule has 1 saturated heterocycles. The number of hydrogen-bond donors (Lipinski definition) is 0. The van der Waals surface area contributed by atoms with Crippen molar-refractivity contribution in [1.82, 2.24) is 0 Å². The molecule has 68 valence electrons. The summed E-state index contributed by atoms with van der Waals surface area (Å²) in [6, 6.07) is 0. The molecule has 1 aliphatic rings. The average Bonchev–Trinajstić information content (AvgIpc) is 2.09. The van der Waals surface area contributed by atoms with E-state index < -0.39 is 0 Å². The molecule has 0 aromatic heterocycles. The van der Waals surface area contributed by atoms with Gasteiger partial charge in [-0.3, -0.25) is 0 Å². The molecule has 0 aromatic rings. The quantitative estimate of drug-likeness (QED) is 0.393. The first-order chi connectivity index (χ1) is 5.83. The van der Waals surface area contributed by atoms with Crippen molar-refractivity contribution in [2.45, 2.75) is 6.10 Å². The molecule has 0 spiro atoms. The van der Waals surface area contributed by atoms with Crippen LogP contribution in [0.1, 0.15) is 0 Å². The number of thioether (sulfide) groups is 1. The number of thiocarbonyl (C=S) groups is 1. The van der Waals surface area contributed by atoms with E-state index in [0.717, 1.165) is 9.95 Å². The van der Waals surface area contributed by atoms with Crippen molar-refractivity contribution in [3.05, 3.63) is 12.7 Å². The van der Waals surface area contributed by atoms with E-state index in [0.29, 0.717) is 19.8 Å². The molecule has 0 bridgehead atoms. The molecule has 1 rings (SSSR count). The summed E-state index contributed by atoms with van der Waals surface area (Å²) in [6.45, 7) is 5.38. The first kappa shape index (κ1) is 10.2. The van der Waals surface area contributed by atoms with Gasteiger partial charge < -0.3 is 9.47 Å². The first-order valence-electron chi connectivity index (χ1n) is 3.79. The fraction of sp³-hybridized carbons (Fsp3) is 0.625. The smallest absolute Gasteiger partial charge is 0.0907 e. The summed E-state index contributed by atoms with van der Waals surface area (Å²) in [6.07, 6.45) is 1.93. The molecule has 0 aliphatic carbocycles. The molecule has 0 amide bonds. The molecule has 1 aliphatic heterocycles. The van der Waals surface area contributed by atoms with Crippen LogP contribution in [-0.2, 0) is 9.47 Å². The zero-order valence-electron chi connectivity index (χ0n) is 6.82. The minimum atomic E-state index is 0.196. The van der Waals surface area contributed by atoms with Gasteiger partial charge in [0.25, 0.3) is 0 Å². The van der Waals surface area contributed by atoms with E-state index in [1.807, 2.05) is 0 Å². The molecule has 2 nitrogen and oxygen atoms in total. The topological polar surface area (TPSA) is 18.5 Å². The van der Waals surface area contributed by atoms with Gasteiger partial charge in [-0.25, -0.2) is 0 Å². The average molecular weight is 204 g/mol. The SMILES string of the molecule is C=CCOC[C@H]1CSC(=S)CO1. The molecule has 0 radical (unpaired) electrons. The third kappa shape index (κ3) is 3.67. The summed E-state index contributed by atoms with van der Waals surface area (Å²) in [4.78, 5) is 0. The summed E-state index contributed by atoms with van der Waals surface area (Å²) < 4.78 is 11.6. The molecule has 1 heterocycles. The summed E-state index contributed by atoms with van der Waals surface area (Å²) in [5.74, 6) is 0.913. The molecule has 0 saturated carbocycles. The van der Waals surface area contributed by atoms with Gasteiger partial charge in [-0.2, -0.15) is 0 Å². The van der Waals surface area contributed by atoms with Crippen molar-refractivity contribution < 1.29 is 9.47 Å². The molecule has 0 aromatic carbocycles. The monoisotopic (exact) mass is 204 g/mol. The fourth-order valence-electron chi connectivity index (χ4n) is 0.841. The Balaban J connectivity index is 2.09. The first-order valence-corrected chi connectivity index (χ1v) is 5.18.